The largest absolute Gasteiger partial charge is 0.310 e. The highest BCUT2D eigenvalue weighted by Gasteiger charge is 2.19. The van der Waals surface area contributed by atoms with Crippen LogP contribution in [-0.4, -0.2) is 16.3 Å². The van der Waals surface area contributed by atoms with Crippen LogP contribution in [0.15, 0.2) is 24.4 Å². The summed E-state index contributed by atoms with van der Waals surface area (Å²) in [5, 5.41) is 7.31. The molecule has 1 aromatic carbocycles. The minimum absolute atomic E-state index is 0.205. The van der Waals surface area contributed by atoms with E-state index in [9.17, 15) is 8.78 Å². The number of hydrogen-bond acceptors (Lipinski definition) is 2. The van der Waals surface area contributed by atoms with Crippen LogP contribution in [0.5, 0.6) is 0 Å². The van der Waals surface area contributed by atoms with Crippen molar-refractivity contribution in [2.45, 2.75) is 25.8 Å². The molecule has 2 aromatic rings. The summed E-state index contributed by atoms with van der Waals surface area (Å²) in [6.45, 7) is 2.73. The minimum atomic E-state index is -0.614. The molecule has 21 heavy (non-hydrogen) atoms. The number of nitrogens with one attached hydrogen (secondary N) is 1. The molecule has 1 N–H and O–H groups in total. The average molecular weight is 314 g/mol. The molecule has 0 bridgehead atoms. The molecule has 0 radical (unpaired) electrons. The maximum atomic E-state index is 14.1. The Morgan fingerprint density at radius 3 is 2.71 bits per heavy atom. The fraction of sp³-hybridized carbons (Fsp3) is 0.400. The van der Waals surface area contributed by atoms with Gasteiger partial charge in [0.2, 0.25) is 0 Å². The van der Waals surface area contributed by atoms with Crippen LogP contribution in [0.3, 0.4) is 0 Å². The highest BCUT2D eigenvalue weighted by atomic mass is 35.5. The van der Waals surface area contributed by atoms with Crippen molar-refractivity contribution in [1.29, 1.82) is 0 Å². The van der Waals surface area contributed by atoms with Gasteiger partial charge in [-0.2, -0.15) is 5.10 Å². The molecule has 3 nitrogen and oxygen atoms in total. The summed E-state index contributed by atoms with van der Waals surface area (Å²) in [6, 6.07) is 3.70. The molecule has 1 atom stereocenters. The van der Waals surface area contributed by atoms with Gasteiger partial charge >= 0.3 is 0 Å². The van der Waals surface area contributed by atoms with Crippen LogP contribution < -0.4 is 5.32 Å². The second-order valence-electron chi connectivity index (χ2n) is 4.98. The van der Waals surface area contributed by atoms with Crippen molar-refractivity contribution in [2.24, 2.45) is 7.05 Å². The summed E-state index contributed by atoms with van der Waals surface area (Å²) in [4.78, 5) is 0. The van der Waals surface area contributed by atoms with Gasteiger partial charge in [0.05, 0.1) is 10.7 Å². The first-order valence-corrected chi connectivity index (χ1v) is 7.25. The van der Waals surface area contributed by atoms with Crippen molar-refractivity contribution >= 4 is 11.6 Å². The Morgan fingerprint density at radius 2 is 2.10 bits per heavy atom. The Morgan fingerprint density at radius 1 is 1.33 bits per heavy atom. The van der Waals surface area contributed by atoms with Crippen LogP contribution in [0.25, 0.3) is 0 Å². The predicted molar refractivity (Wildman–Crippen MR) is 79.3 cm³/mol. The van der Waals surface area contributed by atoms with E-state index in [1.165, 1.54) is 0 Å². The topological polar surface area (TPSA) is 29.9 Å². The second kappa shape index (κ2) is 7.00. The van der Waals surface area contributed by atoms with Gasteiger partial charge in [0.1, 0.15) is 11.6 Å². The molecule has 1 heterocycles. The summed E-state index contributed by atoms with van der Waals surface area (Å²) >= 11 is 5.61. The zero-order valence-electron chi connectivity index (χ0n) is 12.0. The molecule has 0 saturated heterocycles. The molecule has 6 heteroatoms. The summed E-state index contributed by atoms with van der Waals surface area (Å²) in [6.07, 6.45) is 3.21. The maximum absolute atomic E-state index is 14.1. The first-order valence-electron chi connectivity index (χ1n) is 6.87. The Kier molecular flexibility index (Phi) is 5.31. The molecule has 0 saturated carbocycles. The van der Waals surface area contributed by atoms with Gasteiger partial charge in [-0.25, -0.2) is 8.78 Å². The fourth-order valence-corrected chi connectivity index (χ4v) is 2.35. The van der Waals surface area contributed by atoms with Gasteiger partial charge in [-0.15, -0.1) is 0 Å². The van der Waals surface area contributed by atoms with Crippen LogP contribution in [0.1, 0.15) is 30.6 Å². The highest BCUT2D eigenvalue weighted by Crippen LogP contribution is 2.26. The Labute approximate surface area is 127 Å². The lowest BCUT2D eigenvalue weighted by Crippen LogP contribution is -2.25. The number of hydrogen-bond donors (Lipinski definition) is 1. The lowest BCUT2D eigenvalue weighted by atomic mass is 10.0. The summed E-state index contributed by atoms with van der Waals surface area (Å²) < 4.78 is 29.4. The van der Waals surface area contributed by atoms with E-state index in [1.54, 1.807) is 4.68 Å². The van der Waals surface area contributed by atoms with E-state index in [0.717, 1.165) is 24.2 Å². The van der Waals surface area contributed by atoms with Crippen LogP contribution in [0.2, 0.25) is 5.02 Å². The predicted octanol–water partition coefficient (Wildman–Crippen LogP) is 3.64. The van der Waals surface area contributed by atoms with Crippen molar-refractivity contribution < 1.29 is 8.78 Å². The Balaban J connectivity index is 2.28. The lowest BCUT2D eigenvalue weighted by Gasteiger charge is -2.19. The third-order valence-electron chi connectivity index (χ3n) is 3.24. The van der Waals surface area contributed by atoms with E-state index in [-0.39, 0.29) is 16.6 Å². The van der Waals surface area contributed by atoms with E-state index in [2.05, 4.69) is 10.4 Å². The third kappa shape index (κ3) is 4.02. The fourth-order valence-electron chi connectivity index (χ4n) is 2.20. The van der Waals surface area contributed by atoms with Crippen molar-refractivity contribution in [3.8, 4) is 0 Å². The van der Waals surface area contributed by atoms with Gasteiger partial charge in [-0.1, -0.05) is 18.5 Å². The molecule has 0 amide bonds. The smallest absolute Gasteiger partial charge is 0.142 e. The van der Waals surface area contributed by atoms with E-state index in [0.29, 0.717) is 13.0 Å². The first-order chi connectivity index (χ1) is 10.0. The van der Waals surface area contributed by atoms with Crippen LogP contribution in [-0.2, 0) is 13.5 Å². The number of rotatable bonds is 6. The van der Waals surface area contributed by atoms with Gasteiger partial charge < -0.3 is 5.32 Å². The van der Waals surface area contributed by atoms with Crippen molar-refractivity contribution in [3.63, 3.8) is 0 Å². The average Bonchev–Trinajstić information content (AvgIpc) is 2.84. The van der Waals surface area contributed by atoms with Gasteiger partial charge in [0.25, 0.3) is 0 Å². The standard InChI is InChI=1S/C15H18ClF2N3/c1-3-5-19-15(7-10-4-6-21(2)20-10)11-8-14(18)12(16)9-13(11)17/h4,6,8-9,15,19H,3,5,7H2,1-2H3. The van der Waals surface area contributed by atoms with Gasteiger partial charge in [-0.3, -0.25) is 4.68 Å². The summed E-state index contributed by atoms with van der Waals surface area (Å²) in [7, 11) is 1.82. The summed E-state index contributed by atoms with van der Waals surface area (Å²) in [5.41, 5.74) is 1.09. The Bertz CT molecular complexity index is 613. The minimum Gasteiger partial charge on any atom is -0.310 e. The van der Waals surface area contributed by atoms with E-state index >= 15 is 0 Å². The van der Waals surface area contributed by atoms with Crippen LogP contribution >= 0.6 is 11.6 Å². The van der Waals surface area contributed by atoms with Crippen molar-refractivity contribution in [2.75, 3.05) is 6.54 Å². The molecule has 114 valence electrons. The van der Waals surface area contributed by atoms with Crippen LogP contribution in [0, 0.1) is 11.6 Å². The number of benzene rings is 1. The van der Waals surface area contributed by atoms with Crippen molar-refractivity contribution in [3.05, 3.63) is 52.3 Å². The van der Waals surface area contributed by atoms with E-state index < -0.39 is 11.6 Å². The van der Waals surface area contributed by atoms with E-state index in [1.807, 2.05) is 26.2 Å². The molecular weight excluding hydrogens is 296 g/mol. The normalized spacial score (nSPS) is 12.6. The molecule has 1 unspecified atom stereocenters. The number of aryl methyl sites for hydroxylation is 1. The lowest BCUT2D eigenvalue weighted by molar-refractivity contribution is 0.485. The van der Waals surface area contributed by atoms with Crippen LogP contribution in [0.4, 0.5) is 8.78 Å². The van der Waals surface area contributed by atoms with Gasteiger partial charge in [-0.05, 0) is 31.2 Å². The van der Waals surface area contributed by atoms with Gasteiger partial charge in [0.15, 0.2) is 0 Å². The molecular formula is C15H18ClF2N3. The monoisotopic (exact) mass is 313 g/mol. The van der Waals surface area contributed by atoms with Gasteiger partial charge in [0, 0.05) is 31.3 Å². The molecule has 0 fully saturated rings. The van der Waals surface area contributed by atoms with E-state index in [4.69, 9.17) is 11.6 Å². The zero-order valence-corrected chi connectivity index (χ0v) is 12.8. The molecule has 2 rings (SSSR count). The zero-order chi connectivity index (χ0) is 15.4. The van der Waals surface area contributed by atoms with Crippen molar-refractivity contribution in [1.82, 2.24) is 15.1 Å². The first kappa shape index (κ1) is 15.9. The molecule has 0 aliphatic heterocycles. The third-order valence-corrected chi connectivity index (χ3v) is 3.53. The molecule has 0 aliphatic carbocycles. The highest BCUT2D eigenvalue weighted by molar-refractivity contribution is 6.30. The number of halogens is 3. The molecule has 0 aliphatic rings. The molecule has 1 aromatic heterocycles. The number of aromatic nitrogens is 2. The number of nitrogens with zero attached hydrogens (tertiary/aromatic N) is 2. The Hall–Kier alpha value is -1.46. The summed E-state index contributed by atoms with van der Waals surface area (Å²) in [5.74, 6) is -1.12. The maximum Gasteiger partial charge on any atom is 0.142 e. The quantitative estimate of drug-likeness (QED) is 0.825. The molecule has 0 spiro atoms. The SMILES string of the molecule is CCCNC(Cc1ccn(C)n1)c1cc(F)c(Cl)cc1F. The second-order valence-corrected chi connectivity index (χ2v) is 5.39.